The average Bonchev–Trinajstić information content (AvgIpc) is 3.05. The molecule has 1 heterocycles. The highest BCUT2D eigenvalue weighted by Crippen LogP contribution is 2.28. The van der Waals surface area contributed by atoms with E-state index in [1.807, 2.05) is 0 Å². The van der Waals surface area contributed by atoms with Gasteiger partial charge in [-0.1, -0.05) is 6.07 Å². The van der Waals surface area contributed by atoms with E-state index in [0.717, 1.165) is 10.4 Å². The van der Waals surface area contributed by atoms with E-state index in [4.69, 9.17) is 5.11 Å². The molecule has 1 fully saturated rings. The Balaban J connectivity index is 2.28. The number of rotatable bonds is 6. The number of aliphatic carboxylic acids is 1. The number of hydrogen-bond donors (Lipinski definition) is 2. The molecule has 1 aliphatic rings. The number of carbonyl (C=O) groups excluding carboxylic acids is 1. The lowest BCUT2D eigenvalue weighted by molar-refractivity contribution is -0.385. The van der Waals surface area contributed by atoms with Gasteiger partial charge < -0.3 is 10.4 Å². The molecular formula is C14H17N3O7S. The molecule has 1 aromatic rings. The first-order valence-corrected chi connectivity index (χ1v) is 8.88. The monoisotopic (exact) mass is 371 g/mol. The Morgan fingerprint density at radius 2 is 2.12 bits per heavy atom. The van der Waals surface area contributed by atoms with Gasteiger partial charge in [0.15, 0.2) is 0 Å². The van der Waals surface area contributed by atoms with Gasteiger partial charge in [-0.05, 0) is 25.8 Å². The molecule has 1 amide bonds. The van der Waals surface area contributed by atoms with Gasteiger partial charge in [0.2, 0.25) is 15.9 Å². The molecule has 0 saturated carbocycles. The van der Waals surface area contributed by atoms with Crippen molar-refractivity contribution in [3.63, 3.8) is 0 Å². The van der Waals surface area contributed by atoms with Gasteiger partial charge in [-0.25, -0.2) is 8.42 Å². The number of nitrogens with one attached hydrogen (secondary N) is 1. The Labute approximate surface area is 143 Å². The van der Waals surface area contributed by atoms with Gasteiger partial charge in [-0.2, -0.15) is 4.31 Å². The van der Waals surface area contributed by atoms with Crippen LogP contribution >= 0.6 is 0 Å². The Morgan fingerprint density at radius 3 is 2.72 bits per heavy atom. The zero-order valence-electron chi connectivity index (χ0n) is 13.3. The Hall–Kier alpha value is -2.53. The van der Waals surface area contributed by atoms with Crippen molar-refractivity contribution in [3.8, 4) is 0 Å². The molecule has 0 aromatic heterocycles. The van der Waals surface area contributed by atoms with Crippen molar-refractivity contribution in [3.05, 3.63) is 34.4 Å². The minimum absolute atomic E-state index is 0.0740. The molecule has 2 atom stereocenters. The fraction of sp³-hybridized carbons (Fsp3) is 0.429. The minimum Gasteiger partial charge on any atom is -0.480 e. The first-order chi connectivity index (χ1) is 11.6. The average molecular weight is 371 g/mol. The van der Waals surface area contributed by atoms with Crippen molar-refractivity contribution in [1.82, 2.24) is 9.62 Å². The summed E-state index contributed by atoms with van der Waals surface area (Å²) in [5.74, 6) is -1.94. The van der Waals surface area contributed by atoms with Crippen molar-refractivity contribution in [1.29, 1.82) is 0 Å². The maximum Gasteiger partial charge on any atom is 0.325 e. The van der Waals surface area contributed by atoms with Gasteiger partial charge in [-0.15, -0.1) is 0 Å². The first kappa shape index (κ1) is 18.8. The van der Waals surface area contributed by atoms with Crippen LogP contribution in [0.2, 0.25) is 0 Å². The second-order valence-corrected chi connectivity index (χ2v) is 7.49. The number of hydrogen-bond acceptors (Lipinski definition) is 6. The van der Waals surface area contributed by atoms with E-state index < -0.39 is 38.9 Å². The lowest BCUT2D eigenvalue weighted by atomic mass is 10.2. The van der Waals surface area contributed by atoms with Gasteiger partial charge in [-0.3, -0.25) is 19.7 Å². The van der Waals surface area contributed by atoms with Crippen LogP contribution in [0.15, 0.2) is 29.2 Å². The second-order valence-electron chi connectivity index (χ2n) is 5.60. The summed E-state index contributed by atoms with van der Waals surface area (Å²) in [6, 6.07) is 2.36. The summed E-state index contributed by atoms with van der Waals surface area (Å²) < 4.78 is 26.5. The first-order valence-electron chi connectivity index (χ1n) is 7.44. The largest absolute Gasteiger partial charge is 0.480 e. The lowest BCUT2D eigenvalue weighted by Crippen LogP contribution is -2.49. The standard InChI is InChI=1S/C14H17N3O7S/c1-9(14(19)20)15-13(18)12-6-3-7-16(12)25(23,24)11-5-2-4-10(8-11)17(21)22/h2,4-5,8-9,12H,3,6-7H2,1H3,(H,15,18)(H,19,20)/t9-,12?/m1/s1. The second kappa shape index (κ2) is 7.15. The van der Waals surface area contributed by atoms with Crippen molar-refractivity contribution in [2.75, 3.05) is 6.54 Å². The predicted molar refractivity (Wildman–Crippen MR) is 85.3 cm³/mol. The molecule has 1 unspecified atom stereocenters. The normalized spacial score (nSPS) is 19.3. The van der Waals surface area contributed by atoms with Crippen LogP contribution in [-0.2, 0) is 19.6 Å². The molecule has 2 N–H and O–H groups in total. The molecule has 25 heavy (non-hydrogen) atoms. The number of sulfonamides is 1. The zero-order chi connectivity index (χ0) is 18.8. The van der Waals surface area contributed by atoms with E-state index in [9.17, 15) is 28.1 Å². The van der Waals surface area contributed by atoms with Crippen LogP contribution in [0.4, 0.5) is 5.69 Å². The van der Waals surface area contributed by atoms with E-state index >= 15 is 0 Å². The number of nitrogens with zero attached hydrogens (tertiary/aromatic N) is 2. The van der Waals surface area contributed by atoms with Crippen LogP contribution in [0.1, 0.15) is 19.8 Å². The fourth-order valence-electron chi connectivity index (χ4n) is 2.55. The molecule has 136 valence electrons. The highest BCUT2D eigenvalue weighted by molar-refractivity contribution is 7.89. The third-order valence-electron chi connectivity index (χ3n) is 3.87. The summed E-state index contributed by atoms with van der Waals surface area (Å²) in [7, 11) is -4.12. The van der Waals surface area contributed by atoms with E-state index in [-0.39, 0.29) is 23.5 Å². The summed E-state index contributed by atoms with van der Waals surface area (Å²) in [4.78, 5) is 32.9. The molecule has 1 aliphatic heterocycles. The number of carboxylic acids is 1. The quantitative estimate of drug-likeness (QED) is 0.541. The highest BCUT2D eigenvalue weighted by Gasteiger charge is 2.40. The molecule has 0 bridgehead atoms. The number of carbonyl (C=O) groups is 2. The van der Waals surface area contributed by atoms with Crippen molar-refractivity contribution in [2.24, 2.45) is 0 Å². The van der Waals surface area contributed by atoms with Crippen LogP contribution in [0, 0.1) is 10.1 Å². The highest BCUT2D eigenvalue weighted by atomic mass is 32.2. The smallest absolute Gasteiger partial charge is 0.325 e. The Kier molecular flexibility index (Phi) is 5.38. The van der Waals surface area contributed by atoms with E-state index in [0.29, 0.717) is 6.42 Å². The summed E-state index contributed by atoms with van der Waals surface area (Å²) in [5.41, 5.74) is -0.374. The maximum absolute atomic E-state index is 12.8. The predicted octanol–water partition coefficient (Wildman–Crippen LogP) is 0.337. The van der Waals surface area contributed by atoms with Crippen LogP contribution in [0.3, 0.4) is 0 Å². The molecule has 0 radical (unpaired) electrons. The molecule has 11 heteroatoms. The molecule has 0 aliphatic carbocycles. The molecule has 2 rings (SSSR count). The van der Waals surface area contributed by atoms with Gasteiger partial charge in [0.05, 0.1) is 9.82 Å². The molecular weight excluding hydrogens is 354 g/mol. The third-order valence-corrected chi connectivity index (χ3v) is 5.77. The van der Waals surface area contributed by atoms with Crippen LogP contribution < -0.4 is 5.32 Å². The Bertz CT molecular complexity index is 808. The van der Waals surface area contributed by atoms with Gasteiger partial charge >= 0.3 is 5.97 Å². The number of amides is 1. The number of nitro benzene ring substituents is 1. The van der Waals surface area contributed by atoms with Crippen LogP contribution in [0.5, 0.6) is 0 Å². The van der Waals surface area contributed by atoms with Crippen LogP contribution in [-0.4, -0.2) is 53.3 Å². The lowest BCUT2D eigenvalue weighted by Gasteiger charge is -2.24. The summed E-state index contributed by atoms with van der Waals surface area (Å²) in [6.45, 7) is 1.35. The fourth-order valence-corrected chi connectivity index (χ4v) is 4.25. The van der Waals surface area contributed by atoms with Crippen molar-refractivity contribution >= 4 is 27.6 Å². The van der Waals surface area contributed by atoms with Gasteiger partial charge in [0.1, 0.15) is 12.1 Å². The van der Waals surface area contributed by atoms with Crippen molar-refractivity contribution in [2.45, 2.75) is 36.7 Å². The Morgan fingerprint density at radius 1 is 1.44 bits per heavy atom. The topological polar surface area (TPSA) is 147 Å². The van der Waals surface area contributed by atoms with Gasteiger partial charge in [0.25, 0.3) is 5.69 Å². The van der Waals surface area contributed by atoms with Crippen LogP contribution in [0.25, 0.3) is 0 Å². The van der Waals surface area contributed by atoms with E-state index in [1.165, 1.54) is 25.1 Å². The van der Waals surface area contributed by atoms with E-state index in [2.05, 4.69) is 5.32 Å². The zero-order valence-corrected chi connectivity index (χ0v) is 14.1. The molecule has 10 nitrogen and oxygen atoms in total. The summed E-state index contributed by atoms with van der Waals surface area (Å²) >= 11 is 0. The molecule has 1 aromatic carbocycles. The number of non-ortho nitro benzene ring substituents is 1. The van der Waals surface area contributed by atoms with Crippen molar-refractivity contribution < 1.29 is 28.0 Å². The number of carboxylic acid groups (broad SMARTS) is 1. The number of benzene rings is 1. The SMILES string of the molecule is C[C@@H](NC(=O)C1CCCN1S(=O)(=O)c1cccc([N+](=O)[O-])c1)C(=O)O. The molecule has 0 spiro atoms. The van der Waals surface area contributed by atoms with Gasteiger partial charge in [0, 0.05) is 18.7 Å². The third kappa shape index (κ3) is 3.94. The summed E-state index contributed by atoms with van der Waals surface area (Å²) in [5, 5.41) is 21.9. The molecule has 1 saturated heterocycles. The van der Waals surface area contributed by atoms with E-state index in [1.54, 1.807) is 0 Å². The number of nitro groups is 1. The summed E-state index contributed by atoms with van der Waals surface area (Å²) in [6.07, 6.45) is 0.667. The maximum atomic E-state index is 12.8. The minimum atomic E-state index is -4.12.